The second kappa shape index (κ2) is 7.65. The number of para-hydroxylation sites is 1. The van der Waals surface area contributed by atoms with Crippen LogP contribution in [0.2, 0.25) is 0 Å². The highest BCUT2D eigenvalue weighted by molar-refractivity contribution is 9.10. The summed E-state index contributed by atoms with van der Waals surface area (Å²) in [6.07, 6.45) is 2.72. The first kappa shape index (κ1) is 17.6. The zero-order chi connectivity index (χ0) is 17.7. The zero-order valence-electron chi connectivity index (χ0n) is 12.8. The number of nitrogens with two attached hydrogens (primary N) is 1. The first-order valence-electron chi connectivity index (χ1n) is 6.87. The fraction of sp³-hybridized carbons (Fsp3) is 0.0588. The van der Waals surface area contributed by atoms with Crippen molar-refractivity contribution in [3.63, 3.8) is 0 Å². The molecule has 2 aromatic carbocycles. The number of urea groups is 1. The number of carbonyl (C=O) groups excluding carboxylic acids is 2. The maximum Gasteiger partial charge on any atom is 0.330 e. The van der Waals surface area contributed by atoms with Crippen LogP contribution in [0.15, 0.2) is 53.0 Å². The molecule has 24 heavy (non-hydrogen) atoms. The number of aromatic hydroxyl groups is 1. The van der Waals surface area contributed by atoms with Gasteiger partial charge < -0.3 is 15.6 Å². The Kier molecular flexibility index (Phi) is 5.59. The number of ether oxygens (including phenoxy) is 1. The molecule has 2 amide bonds. The number of carbonyl (C=O) groups is 2. The summed E-state index contributed by atoms with van der Waals surface area (Å²) in [7, 11) is 1.27. The monoisotopic (exact) mass is 390 g/mol. The van der Waals surface area contributed by atoms with Gasteiger partial charge in [-0.2, -0.15) is 0 Å². The van der Waals surface area contributed by atoms with Crippen molar-refractivity contribution in [2.75, 3.05) is 12.0 Å². The third-order valence-corrected chi connectivity index (χ3v) is 3.84. The van der Waals surface area contributed by atoms with E-state index in [9.17, 15) is 14.7 Å². The van der Waals surface area contributed by atoms with E-state index in [0.29, 0.717) is 15.7 Å². The quantitative estimate of drug-likeness (QED) is 0.616. The molecular formula is C17H15BrN2O4. The number of hydrogen-bond donors (Lipinski definition) is 2. The highest BCUT2D eigenvalue weighted by Gasteiger charge is 2.20. The number of rotatable bonds is 4. The number of anilines is 2. The van der Waals surface area contributed by atoms with Crippen molar-refractivity contribution in [1.29, 1.82) is 0 Å². The van der Waals surface area contributed by atoms with Crippen molar-refractivity contribution in [3.8, 4) is 5.75 Å². The van der Waals surface area contributed by atoms with Gasteiger partial charge in [0.1, 0.15) is 5.75 Å². The predicted octanol–water partition coefficient (Wildman–Crippen LogP) is 3.56. The second-order valence-electron chi connectivity index (χ2n) is 4.73. The van der Waals surface area contributed by atoms with E-state index in [1.807, 2.05) is 0 Å². The summed E-state index contributed by atoms with van der Waals surface area (Å²) in [6.45, 7) is 0. The molecule has 0 heterocycles. The SMILES string of the molecule is COC(=O)C=Cc1ccc(N(C(N)=O)c2ccccc2Br)c(O)c1. The number of halogens is 1. The Balaban J connectivity index is 2.42. The average Bonchev–Trinajstić information content (AvgIpc) is 2.56. The summed E-state index contributed by atoms with van der Waals surface area (Å²) >= 11 is 3.36. The minimum Gasteiger partial charge on any atom is -0.506 e. The minimum absolute atomic E-state index is 0.156. The maximum atomic E-state index is 11.9. The van der Waals surface area contributed by atoms with Gasteiger partial charge in [0.05, 0.1) is 18.5 Å². The van der Waals surface area contributed by atoms with Crippen LogP contribution in [0.5, 0.6) is 5.75 Å². The molecule has 0 aliphatic carbocycles. The first-order valence-corrected chi connectivity index (χ1v) is 7.66. The van der Waals surface area contributed by atoms with Crippen LogP contribution in [0, 0.1) is 0 Å². The number of nitrogens with zero attached hydrogens (tertiary/aromatic N) is 1. The highest BCUT2D eigenvalue weighted by atomic mass is 79.9. The molecule has 0 bridgehead atoms. The molecule has 0 aliphatic heterocycles. The van der Waals surface area contributed by atoms with E-state index in [1.165, 1.54) is 36.3 Å². The molecule has 3 N–H and O–H groups in total. The highest BCUT2D eigenvalue weighted by Crippen LogP contribution is 2.37. The molecule has 0 radical (unpaired) electrons. The topological polar surface area (TPSA) is 92.9 Å². The maximum absolute atomic E-state index is 11.9. The largest absolute Gasteiger partial charge is 0.506 e. The van der Waals surface area contributed by atoms with Crippen LogP contribution in [-0.2, 0) is 9.53 Å². The van der Waals surface area contributed by atoms with Gasteiger partial charge in [-0.3, -0.25) is 4.90 Å². The molecule has 0 aliphatic rings. The predicted molar refractivity (Wildman–Crippen MR) is 95.0 cm³/mol. The summed E-state index contributed by atoms with van der Waals surface area (Å²) in [4.78, 5) is 24.2. The van der Waals surface area contributed by atoms with Gasteiger partial charge in [0.2, 0.25) is 0 Å². The summed E-state index contributed by atoms with van der Waals surface area (Å²) < 4.78 is 5.15. The molecule has 0 saturated heterocycles. The molecular weight excluding hydrogens is 376 g/mol. The third kappa shape index (κ3) is 3.94. The summed E-state index contributed by atoms with van der Waals surface area (Å²) in [5, 5.41) is 10.3. The molecule has 7 heteroatoms. The number of amides is 2. The lowest BCUT2D eigenvalue weighted by Crippen LogP contribution is -2.31. The molecule has 0 fully saturated rings. The Morgan fingerprint density at radius 2 is 1.92 bits per heavy atom. The van der Waals surface area contributed by atoms with E-state index in [-0.39, 0.29) is 11.4 Å². The molecule has 6 nitrogen and oxygen atoms in total. The molecule has 0 unspecified atom stereocenters. The van der Waals surface area contributed by atoms with Gasteiger partial charge in [-0.1, -0.05) is 18.2 Å². The Hall–Kier alpha value is -2.80. The normalized spacial score (nSPS) is 10.6. The van der Waals surface area contributed by atoms with Crippen LogP contribution >= 0.6 is 15.9 Å². The smallest absolute Gasteiger partial charge is 0.330 e. The number of esters is 1. The number of hydrogen-bond acceptors (Lipinski definition) is 4. The van der Waals surface area contributed by atoms with Crippen LogP contribution in [0.3, 0.4) is 0 Å². The van der Waals surface area contributed by atoms with Crippen molar-refractivity contribution in [2.45, 2.75) is 0 Å². The second-order valence-corrected chi connectivity index (χ2v) is 5.58. The molecule has 2 aromatic rings. The van der Waals surface area contributed by atoms with Gasteiger partial charge in [0, 0.05) is 10.5 Å². The van der Waals surface area contributed by atoms with Crippen LogP contribution < -0.4 is 10.6 Å². The van der Waals surface area contributed by atoms with Crippen molar-refractivity contribution in [3.05, 3.63) is 58.6 Å². The number of phenols is 1. The summed E-state index contributed by atoms with van der Waals surface area (Å²) in [5.41, 5.74) is 6.77. The summed E-state index contributed by atoms with van der Waals surface area (Å²) in [6, 6.07) is 10.9. The van der Waals surface area contributed by atoms with Gasteiger partial charge >= 0.3 is 12.0 Å². The van der Waals surface area contributed by atoms with Crippen LogP contribution in [-0.4, -0.2) is 24.2 Å². The van der Waals surface area contributed by atoms with Gasteiger partial charge in [-0.15, -0.1) is 0 Å². The molecule has 0 spiro atoms. The lowest BCUT2D eigenvalue weighted by atomic mass is 10.1. The fourth-order valence-corrected chi connectivity index (χ4v) is 2.53. The van der Waals surface area contributed by atoms with Crippen molar-refractivity contribution in [1.82, 2.24) is 0 Å². The number of methoxy groups -OCH3 is 1. The molecule has 2 rings (SSSR count). The molecule has 124 valence electrons. The molecule has 0 aromatic heterocycles. The van der Waals surface area contributed by atoms with Crippen LogP contribution in [0.25, 0.3) is 6.08 Å². The minimum atomic E-state index is -0.741. The van der Waals surface area contributed by atoms with E-state index < -0.39 is 12.0 Å². The zero-order valence-corrected chi connectivity index (χ0v) is 14.4. The van der Waals surface area contributed by atoms with Crippen molar-refractivity contribution < 1.29 is 19.4 Å². The van der Waals surface area contributed by atoms with Crippen molar-refractivity contribution in [2.24, 2.45) is 5.73 Å². The summed E-state index contributed by atoms with van der Waals surface area (Å²) in [5.74, 6) is -0.665. The Morgan fingerprint density at radius 1 is 1.21 bits per heavy atom. The number of benzene rings is 2. The van der Waals surface area contributed by atoms with E-state index in [0.717, 1.165) is 0 Å². The average molecular weight is 391 g/mol. The molecule has 0 atom stereocenters. The first-order chi connectivity index (χ1) is 11.4. The van der Waals surface area contributed by atoms with Crippen LogP contribution in [0.1, 0.15) is 5.56 Å². The molecule has 0 saturated carbocycles. The van der Waals surface area contributed by atoms with Crippen molar-refractivity contribution >= 4 is 45.4 Å². The van der Waals surface area contributed by atoms with Gasteiger partial charge in [0.15, 0.2) is 0 Å². The van der Waals surface area contributed by atoms with E-state index in [1.54, 1.807) is 30.3 Å². The fourth-order valence-electron chi connectivity index (χ4n) is 2.07. The van der Waals surface area contributed by atoms with E-state index in [2.05, 4.69) is 20.7 Å². The Morgan fingerprint density at radius 3 is 2.50 bits per heavy atom. The Labute approximate surface area is 147 Å². The third-order valence-electron chi connectivity index (χ3n) is 3.17. The number of primary amides is 1. The van der Waals surface area contributed by atoms with E-state index in [4.69, 9.17) is 5.73 Å². The standard InChI is InChI=1S/C17H15BrN2O4/c1-24-16(22)9-7-11-6-8-14(15(21)10-11)20(17(19)23)13-5-3-2-4-12(13)18/h2-10,21H,1H3,(H2,19,23). The van der Waals surface area contributed by atoms with Gasteiger partial charge in [-0.05, 0) is 51.8 Å². The van der Waals surface area contributed by atoms with Crippen LogP contribution in [0.4, 0.5) is 16.2 Å². The Bertz CT molecular complexity index is 805. The lowest BCUT2D eigenvalue weighted by Gasteiger charge is -2.23. The lowest BCUT2D eigenvalue weighted by molar-refractivity contribution is -0.134. The van der Waals surface area contributed by atoms with Gasteiger partial charge in [0.25, 0.3) is 0 Å². The van der Waals surface area contributed by atoms with E-state index >= 15 is 0 Å². The van der Waals surface area contributed by atoms with Gasteiger partial charge in [-0.25, -0.2) is 9.59 Å². The number of phenolic OH excluding ortho intramolecular Hbond substituents is 1.